The molecule has 0 atom stereocenters. The van der Waals surface area contributed by atoms with Crippen LogP contribution in [0.5, 0.6) is 0 Å². The van der Waals surface area contributed by atoms with Gasteiger partial charge >= 0.3 is 60.8 Å². The largest absolute Gasteiger partial charge is 2.00 e. The van der Waals surface area contributed by atoms with Crippen LogP contribution >= 0.6 is 0 Å². The van der Waals surface area contributed by atoms with Gasteiger partial charge in [0.15, 0.2) is 0 Å². The summed E-state index contributed by atoms with van der Waals surface area (Å²) in [6.07, 6.45) is -1.39. The van der Waals surface area contributed by atoms with Gasteiger partial charge in [0.05, 0.1) is 24.8 Å². The molecule has 0 heterocycles. The number of aliphatic carboxylic acids is 2. The van der Waals surface area contributed by atoms with Gasteiger partial charge in [-0.15, -0.1) is 0 Å². The number of carboxylic acids is 2. The number of carbonyl (C=O) groups is 4. The molecule has 0 aromatic rings. The van der Waals surface area contributed by atoms with Crippen LogP contribution in [0.3, 0.4) is 0 Å². The summed E-state index contributed by atoms with van der Waals surface area (Å²) in [6, 6.07) is 0. The molecule has 29 heavy (non-hydrogen) atoms. The molecular weight excluding hydrogens is 506 g/mol. The van der Waals surface area contributed by atoms with E-state index in [1.165, 1.54) is 0 Å². The van der Waals surface area contributed by atoms with E-state index in [4.69, 9.17) is 9.47 Å². The van der Waals surface area contributed by atoms with E-state index in [-0.39, 0.29) is 59.7 Å². The minimum atomic E-state index is -1.42. The topological polar surface area (TPSA) is 133 Å². The number of ether oxygens (including phenoxy) is 2. The number of hydrogen-bond acceptors (Lipinski definition) is 8. The summed E-state index contributed by atoms with van der Waals surface area (Å²) in [5, 5.41) is 20.3. The van der Waals surface area contributed by atoms with E-state index in [9.17, 15) is 29.4 Å². The summed E-state index contributed by atoms with van der Waals surface area (Å²) in [6.45, 7) is 18.5. The number of carboxylic acid groups (broad SMARTS) is 2. The molecule has 0 N–H and O–H groups in total. The van der Waals surface area contributed by atoms with E-state index in [2.05, 4.69) is 0 Å². The summed E-state index contributed by atoms with van der Waals surface area (Å²) in [5.41, 5.74) is -1.87. The van der Waals surface area contributed by atoms with Gasteiger partial charge in [0.2, 0.25) is 0 Å². The Labute approximate surface area is 214 Å². The molecule has 0 saturated carbocycles. The third-order valence-electron chi connectivity index (χ3n) is 4.93. The van der Waals surface area contributed by atoms with Crippen LogP contribution in [-0.2, 0) is 28.7 Å². The molecule has 9 heteroatoms. The average molecular weight is 540 g/mol. The zero-order chi connectivity index (χ0) is 23.1. The summed E-state index contributed by atoms with van der Waals surface area (Å²) < 4.78 is 10.1. The van der Waals surface area contributed by atoms with Crippen molar-refractivity contribution in [1.29, 1.82) is 0 Å². The first kappa shape index (κ1) is 33.1. The Bertz CT molecular complexity index is 528. The summed E-state index contributed by atoms with van der Waals surface area (Å²) in [5.74, 6) is -4.35. The van der Waals surface area contributed by atoms with E-state index < -0.39 is 47.9 Å². The standard InChI is InChI=1S/2C10H18O4.Ba/c2*1-9(2,3)10(4,5)14-8(13)6-7(11)12;/h2*6H2,1-5H3,(H,11,12);/q;;+2/p-2. The molecule has 0 bridgehead atoms. The number of hydrogen-bond donors (Lipinski definition) is 0. The fourth-order valence-electron chi connectivity index (χ4n) is 1.18. The molecule has 164 valence electrons. The van der Waals surface area contributed by atoms with Gasteiger partial charge in [-0.2, -0.15) is 0 Å². The molecule has 0 unspecified atom stereocenters. The summed E-state index contributed by atoms with van der Waals surface area (Å²) >= 11 is 0. The van der Waals surface area contributed by atoms with Gasteiger partial charge in [0.25, 0.3) is 0 Å². The van der Waals surface area contributed by atoms with Crippen molar-refractivity contribution in [2.24, 2.45) is 10.8 Å². The van der Waals surface area contributed by atoms with Gasteiger partial charge in [-0.1, -0.05) is 41.5 Å². The number of carbonyl (C=O) groups excluding carboxylic acids is 4. The molecule has 0 radical (unpaired) electrons. The van der Waals surface area contributed by atoms with E-state index in [0.29, 0.717) is 0 Å². The van der Waals surface area contributed by atoms with Crippen LogP contribution < -0.4 is 10.2 Å². The molecule has 0 aromatic heterocycles. The fraction of sp³-hybridized carbons (Fsp3) is 0.800. The number of esters is 2. The van der Waals surface area contributed by atoms with Crippen molar-refractivity contribution >= 4 is 72.8 Å². The maximum absolute atomic E-state index is 11.1. The first-order valence-corrected chi connectivity index (χ1v) is 8.96. The Kier molecular flexibility index (Phi) is 14.1. The second-order valence-corrected chi connectivity index (χ2v) is 9.57. The third kappa shape index (κ3) is 14.1. The van der Waals surface area contributed by atoms with Crippen LogP contribution in [0, 0.1) is 10.8 Å². The predicted molar refractivity (Wildman–Crippen MR) is 104 cm³/mol. The van der Waals surface area contributed by atoms with Crippen LogP contribution in [0.2, 0.25) is 0 Å². The Balaban J connectivity index is -0.000000451. The van der Waals surface area contributed by atoms with E-state index >= 15 is 0 Å². The summed E-state index contributed by atoms with van der Waals surface area (Å²) in [4.78, 5) is 42.4. The zero-order valence-electron chi connectivity index (χ0n) is 19.4. The van der Waals surface area contributed by atoms with Crippen molar-refractivity contribution in [1.82, 2.24) is 0 Å². The molecule has 0 spiro atoms. The normalized spacial score (nSPS) is 11.9. The average Bonchev–Trinajstić information content (AvgIpc) is 2.32. The Morgan fingerprint density at radius 3 is 0.931 bits per heavy atom. The van der Waals surface area contributed by atoms with Gasteiger partial charge in [-0.25, -0.2) is 0 Å². The minimum absolute atomic E-state index is 0. The van der Waals surface area contributed by atoms with Crippen molar-refractivity contribution in [2.75, 3.05) is 0 Å². The van der Waals surface area contributed by atoms with Crippen LogP contribution in [0.15, 0.2) is 0 Å². The van der Waals surface area contributed by atoms with E-state index in [0.717, 1.165) is 0 Å². The molecular formula is C20H34BaO8. The van der Waals surface area contributed by atoms with Crippen LogP contribution in [0.25, 0.3) is 0 Å². The summed E-state index contributed by atoms with van der Waals surface area (Å²) in [7, 11) is 0. The second-order valence-electron chi connectivity index (χ2n) is 9.57. The van der Waals surface area contributed by atoms with Crippen LogP contribution in [0.4, 0.5) is 0 Å². The van der Waals surface area contributed by atoms with Crippen LogP contribution in [0.1, 0.15) is 82.1 Å². The van der Waals surface area contributed by atoms with Crippen molar-refractivity contribution in [2.45, 2.75) is 93.3 Å². The van der Waals surface area contributed by atoms with Crippen molar-refractivity contribution < 1.29 is 38.9 Å². The van der Waals surface area contributed by atoms with Gasteiger partial charge in [-0.05, 0) is 27.7 Å². The maximum Gasteiger partial charge on any atom is 2.00 e. The minimum Gasteiger partial charge on any atom is -0.550 e. The molecule has 0 fully saturated rings. The van der Waals surface area contributed by atoms with Crippen molar-refractivity contribution in [3.8, 4) is 0 Å². The fourth-order valence-corrected chi connectivity index (χ4v) is 1.18. The van der Waals surface area contributed by atoms with Crippen LogP contribution in [-0.4, -0.2) is 84.0 Å². The van der Waals surface area contributed by atoms with Gasteiger partial charge in [-0.3, -0.25) is 9.59 Å². The molecule has 0 aliphatic heterocycles. The van der Waals surface area contributed by atoms with E-state index in [1.807, 2.05) is 41.5 Å². The Morgan fingerprint density at radius 2 is 0.793 bits per heavy atom. The van der Waals surface area contributed by atoms with Gasteiger partial charge < -0.3 is 29.3 Å². The van der Waals surface area contributed by atoms with Gasteiger partial charge in [0.1, 0.15) is 11.2 Å². The van der Waals surface area contributed by atoms with Crippen molar-refractivity contribution in [3.63, 3.8) is 0 Å². The molecule has 0 amide bonds. The molecule has 0 aliphatic rings. The van der Waals surface area contributed by atoms with Crippen molar-refractivity contribution in [3.05, 3.63) is 0 Å². The van der Waals surface area contributed by atoms with E-state index in [1.54, 1.807) is 27.7 Å². The van der Waals surface area contributed by atoms with Gasteiger partial charge in [0, 0.05) is 10.8 Å². The monoisotopic (exact) mass is 540 g/mol. The predicted octanol–water partition coefficient (Wildman–Crippen LogP) is 0.608. The maximum atomic E-state index is 11.1. The smallest absolute Gasteiger partial charge is 0.550 e. The quantitative estimate of drug-likeness (QED) is 0.272. The molecule has 0 aliphatic carbocycles. The Hall–Kier alpha value is -0.549. The second kappa shape index (κ2) is 12.3. The first-order chi connectivity index (χ1) is 12.1. The first-order valence-electron chi connectivity index (χ1n) is 8.96. The zero-order valence-corrected chi connectivity index (χ0v) is 23.8. The molecule has 0 saturated heterocycles. The number of rotatable bonds is 6. The molecule has 0 aromatic carbocycles. The third-order valence-corrected chi connectivity index (χ3v) is 4.93. The molecule has 8 nitrogen and oxygen atoms in total. The SMILES string of the molecule is CC(C)(C)C(C)(C)OC(=O)CC(=O)[O-].CC(C)(C)C(C)(C)OC(=O)CC(=O)[O-].[Ba+2]. The Morgan fingerprint density at radius 1 is 0.586 bits per heavy atom. The molecule has 0 rings (SSSR count).